The first-order valence-corrected chi connectivity index (χ1v) is 7.32. The molecular formula is C9H19ClN2O4S. The van der Waals surface area contributed by atoms with Gasteiger partial charge in [0.2, 0.25) is 0 Å². The van der Waals surface area contributed by atoms with Gasteiger partial charge in [0.25, 0.3) is 0 Å². The quantitative estimate of drug-likeness (QED) is 0.689. The van der Waals surface area contributed by atoms with E-state index >= 15 is 0 Å². The summed E-state index contributed by atoms with van der Waals surface area (Å²) < 4.78 is 31.4. The lowest BCUT2D eigenvalue weighted by Gasteiger charge is -2.13. The van der Waals surface area contributed by atoms with Gasteiger partial charge in [-0.3, -0.25) is 0 Å². The number of hydrogen-bond donors (Lipinski definition) is 2. The summed E-state index contributed by atoms with van der Waals surface area (Å²) in [6.45, 7) is 5.33. The second kappa shape index (κ2) is 7.73. The van der Waals surface area contributed by atoms with E-state index in [1.54, 1.807) is 18.6 Å². The third-order valence-corrected chi connectivity index (χ3v) is 2.98. The molecule has 0 saturated heterocycles. The van der Waals surface area contributed by atoms with Gasteiger partial charge in [0.15, 0.2) is 0 Å². The Kier molecular flexibility index (Phi) is 7.49. The number of hydrogen-bond acceptors (Lipinski definition) is 4. The minimum absolute atomic E-state index is 0.102. The van der Waals surface area contributed by atoms with Crippen LogP contribution in [-0.2, 0) is 14.9 Å². The van der Waals surface area contributed by atoms with Crippen molar-refractivity contribution in [3.05, 3.63) is 0 Å². The van der Waals surface area contributed by atoms with Gasteiger partial charge in [0.05, 0.1) is 6.10 Å². The maximum atomic E-state index is 11.4. The molecule has 0 spiro atoms. The zero-order chi connectivity index (χ0) is 13.5. The van der Waals surface area contributed by atoms with Crippen LogP contribution in [0.5, 0.6) is 0 Å². The summed E-state index contributed by atoms with van der Waals surface area (Å²) >= 11 is 5.52. The topological polar surface area (TPSA) is 84.5 Å². The molecule has 1 unspecified atom stereocenters. The molecule has 0 aromatic carbocycles. The van der Waals surface area contributed by atoms with E-state index in [0.29, 0.717) is 12.3 Å². The molecule has 0 aliphatic rings. The highest BCUT2D eigenvalue weighted by Gasteiger charge is 2.16. The Morgan fingerprint density at radius 2 is 1.94 bits per heavy atom. The fourth-order valence-electron chi connectivity index (χ4n) is 0.924. The molecule has 0 aromatic heterocycles. The first kappa shape index (κ1) is 16.5. The second-order valence-corrected chi connectivity index (χ2v) is 5.87. The van der Waals surface area contributed by atoms with Crippen molar-refractivity contribution in [2.75, 3.05) is 12.4 Å². The fourth-order valence-corrected chi connectivity index (χ4v) is 2.14. The summed E-state index contributed by atoms with van der Waals surface area (Å²) in [7, 11) is -3.86. The van der Waals surface area contributed by atoms with Crippen molar-refractivity contribution < 1.29 is 17.9 Å². The average Bonchev–Trinajstić information content (AvgIpc) is 2.13. The van der Waals surface area contributed by atoms with Crippen LogP contribution in [0.3, 0.4) is 0 Å². The summed E-state index contributed by atoms with van der Waals surface area (Å²) in [5.41, 5.74) is 0. The summed E-state index contributed by atoms with van der Waals surface area (Å²) in [5.74, 6) is 0.566. The van der Waals surface area contributed by atoms with Gasteiger partial charge in [-0.05, 0) is 26.2 Å². The van der Waals surface area contributed by atoms with Gasteiger partial charge >= 0.3 is 16.3 Å². The van der Waals surface area contributed by atoms with E-state index in [2.05, 4.69) is 9.46 Å². The molecule has 0 aliphatic carbocycles. The molecule has 2 N–H and O–H groups in total. The number of halogens is 1. The molecule has 8 heteroatoms. The van der Waals surface area contributed by atoms with Crippen molar-refractivity contribution in [2.45, 2.75) is 33.3 Å². The summed E-state index contributed by atoms with van der Waals surface area (Å²) in [6, 6.07) is 0. The molecular weight excluding hydrogens is 268 g/mol. The molecule has 1 amide bonds. The minimum atomic E-state index is -3.86. The lowest BCUT2D eigenvalue weighted by Crippen LogP contribution is -2.42. The summed E-state index contributed by atoms with van der Waals surface area (Å²) in [5, 5.41) is 0. The van der Waals surface area contributed by atoms with E-state index in [0.717, 1.165) is 0 Å². The van der Waals surface area contributed by atoms with Crippen molar-refractivity contribution in [3.63, 3.8) is 0 Å². The zero-order valence-electron chi connectivity index (χ0n) is 10.2. The summed E-state index contributed by atoms with van der Waals surface area (Å²) in [6.07, 6.45) is -0.668. The fraction of sp³-hybridized carbons (Fsp3) is 0.889. The minimum Gasteiger partial charge on any atom is -0.446 e. The van der Waals surface area contributed by atoms with Crippen LogP contribution < -0.4 is 9.44 Å². The highest BCUT2D eigenvalue weighted by molar-refractivity contribution is 7.88. The molecule has 17 heavy (non-hydrogen) atoms. The normalized spacial score (nSPS) is 13.5. The third kappa shape index (κ3) is 9.20. The molecule has 1 atom stereocenters. The van der Waals surface area contributed by atoms with Crippen LogP contribution in [0.15, 0.2) is 0 Å². The maximum absolute atomic E-state index is 11.4. The highest BCUT2D eigenvalue weighted by atomic mass is 35.5. The number of ether oxygens (including phenoxy) is 1. The number of carbonyl (C=O) groups excluding carboxylic acids is 1. The molecule has 0 aromatic rings. The van der Waals surface area contributed by atoms with E-state index in [-0.39, 0.29) is 18.6 Å². The van der Waals surface area contributed by atoms with E-state index in [1.807, 2.05) is 6.92 Å². The molecule has 0 heterocycles. The Hall–Kier alpha value is -0.530. The Bertz CT molecular complexity index is 332. The van der Waals surface area contributed by atoms with E-state index in [9.17, 15) is 13.2 Å². The van der Waals surface area contributed by atoms with Gasteiger partial charge in [0, 0.05) is 12.4 Å². The number of alkyl halides is 1. The van der Waals surface area contributed by atoms with Gasteiger partial charge in [-0.25, -0.2) is 9.52 Å². The van der Waals surface area contributed by atoms with Crippen molar-refractivity contribution in [3.8, 4) is 0 Å². The SMILES string of the molecule is CC(CCCl)CNS(=O)(=O)NC(=O)OC(C)C. The maximum Gasteiger partial charge on any atom is 0.422 e. The van der Waals surface area contributed by atoms with Crippen LogP contribution in [-0.4, -0.2) is 33.0 Å². The van der Waals surface area contributed by atoms with Crippen LogP contribution in [0, 0.1) is 5.92 Å². The van der Waals surface area contributed by atoms with Crippen LogP contribution in [0.25, 0.3) is 0 Å². The first-order chi connectivity index (χ1) is 7.76. The molecule has 0 radical (unpaired) electrons. The Morgan fingerprint density at radius 1 is 1.35 bits per heavy atom. The van der Waals surface area contributed by atoms with Crippen LogP contribution in [0.4, 0.5) is 4.79 Å². The third-order valence-electron chi connectivity index (χ3n) is 1.78. The van der Waals surface area contributed by atoms with E-state index in [1.165, 1.54) is 0 Å². The molecule has 0 bridgehead atoms. The molecule has 0 rings (SSSR count). The van der Waals surface area contributed by atoms with Crippen molar-refractivity contribution in [1.29, 1.82) is 0 Å². The largest absolute Gasteiger partial charge is 0.446 e. The lowest BCUT2D eigenvalue weighted by molar-refractivity contribution is 0.121. The van der Waals surface area contributed by atoms with E-state index in [4.69, 9.17) is 11.6 Å². The van der Waals surface area contributed by atoms with E-state index < -0.39 is 16.3 Å². The van der Waals surface area contributed by atoms with Crippen LogP contribution in [0.1, 0.15) is 27.2 Å². The van der Waals surface area contributed by atoms with Gasteiger partial charge in [-0.15, -0.1) is 11.6 Å². The predicted molar refractivity (Wildman–Crippen MR) is 66.2 cm³/mol. The Labute approximate surface area is 107 Å². The smallest absolute Gasteiger partial charge is 0.422 e. The van der Waals surface area contributed by atoms with Crippen molar-refractivity contribution >= 4 is 27.9 Å². The Morgan fingerprint density at radius 3 is 2.41 bits per heavy atom. The number of nitrogens with one attached hydrogen (secondary N) is 2. The molecule has 0 aliphatic heterocycles. The first-order valence-electron chi connectivity index (χ1n) is 5.30. The van der Waals surface area contributed by atoms with Crippen LogP contribution in [0.2, 0.25) is 0 Å². The van der Waals surface area contributed by atoms with Crippen LogP contribution >= 0.6 is 11.6 Å². The molecule has 0 fully saturated rings. The van der Waals surface area contributed by atoms with Gasteiger partial charge in [-0.2, -0.15) is 13.1 Å². The van der Waals surface area contributed by atoms with Gasteiger partial charge in [-0.1, -0.05) is 6.92 Å². The average molecular weight is 287 g/mol. The van der Waals surface area contributed by atoms with Gasteiger partial charge in [0.1, 0.15) is 0 Å². The highest BCUT2D eigenvalue weighted by Crippen LogP contribution is 2.01. The van der Waals surface area contributed by atoms with Crippen molar-refractivity contribution in [1.82, 2.24) is 9.44 Å². The standard InChI is InChI=1S/C9H19ClN2O4S/c1-7(2)16-9(13)12-17(14,15)11-6-8(3)4-5-10/h7-8,11H,4-6H2,1-3H3,(H,12,13). The number of amides is 1. The van der Waals surface area contributed by atoms with Crippen molar-refractivity contribution in [2.24, 2.45) is 5.92 Å². The monoisotopic (exact) mass is 286 g/mol. The zero-order valence-corrected chi connectivity index (χ0v) is 11.8. The predicted octanol–water partition coefficient (Wildman–Crippen LogP) is 1.22. The molecule has 6 nitrogen and oxygen atoms in total. The molecule has 0 saturated carbocycles. The summed E-state index contributed by atoms with van der Waals surface area (Å²) in [4.78, 5) is 11.1. The lowest BCUT2D eigenvalue weighted by atomic mass is 10.1. The van der Waals surface area contributed by atoms with Gasteiger partial charge < -0.3 is 4.74 Å². The second-order valence-electron chi connectivity index (χ2n) is 3.99. The number of rotatable bonds is 7. The number of carbonyl (C=O) groups is 1. The Balaban J connectivity index is 4.08. The molecule has 102 valence electrons.